The summed E-state index contributed by atoms with van der Waals surface area (Å²) >= 11 is 0. The van der Waals surface area contributed by atoms with Crippen molar-refractivity contribution in [3.8, 4) is 39.1 Å². The van der Waals surface area contributed by atoms with Gasteiger partial charge >= 0.3 is 0 Å². The number of nitrogens with zero attached hydrogens (tertiary/aromatic N) is 3. The van der Waals surface area contributed by atoms with E-state index in [2.05, 4.69) is 199 Å². The molecule has 0 amide bonds. The summed E-state index contributed by atoms with van der Waals surface area (Å²) in [6.45, 7) is 0. The topological polar surface area (TPSA) is 30.7 Å². The third kappa shape index (κ3) is 5.43. The summed E-state index contributed by atoms with van der Waals surface area (Å²) in [5.74, 6) is 0.237. The van der Waals surface area contributed by atoms with Gasteiger partial charge in [-0.1, -0.05) is 164 Å². The van der Waals surface area contributed by atoms with E-state index in [-0.39, 0.29) is 5.92 Å². The first-order chi connectivity index (χ1) is 29.3. The minimum Gasteiger partial charge on any atom is -0.309 e. The van der Waals surface area contributed by atoms with Gasteiger partial charge in [-0.05, 0) is 103 Å². The molecule has 276 valence electrons. The van der Waals surface area contributed by atoms with E-state index in [1.54, 1.807) is 6.20 Å². The highest BCUT2D eigenvalue weighted by molar-refractivity contribution is 6.11. The Morgan fingerprint density at radius 2 is 1.05 bits per heavy atom. The second-order valence-corrected chi connectivity index (χ2v) is 15.7. The molecule has 2 aromatic heterocycles. The van der Waals surface area contributed by atoms with Gasteiger partial charge in [-0.15, -0.1) is 0 Å². The Hall–Kier alpha value is -7.62. The van der Waals surface area contributed by atoms with Crippen molar-refractivity contribution in [1.29, 1.82) is 0 Å². The highest BCUT2D eigenvalue weighted by Crippen LogP contribution is 2.41. The number of hydrogen-bond acceptors (Lipinski definition) is 2. The molecule has 3 heteroatoms. The number of allylic oxidation sites excluding steroid dienone is 1. The molecule has 0 bridgehead atoms. The zero-order valence-electron chi connectivity index (χ0n) is 32.3. The lowest BCUT2D eigenvalue weighted by molar-refractivity contribution is 0.832. The van der Waals surface area contributed by atoms with Crippen molar-refractivity contribution in [1.82, 2.24) is 14.5 Å². The molecule has 0 aliphatic heterocycles. The maximum atomic E-state index is 4.86. The van der Waals surface area contributed by atoms with Gasteiger partial charge in [0.1, 0.15) is 0 Å². The first-order valence-electron chi connectivity index (χ1n) is 20.4. The molecule has 1 aliphatic rings. The lowest BCUT2D eigenvalue weighted by Gasteiger charge is -2.23. The molecule has 59 heavy (non-hydrogen) atoms. The van der Waals surface area contributed by atoms with Crippen LogP contribution >= 0.6 is 0 Å². The Labute approximate surface area is 342 Å². The van der Waals surface area contributed by atoms with Crippen molar-refractivity contribution in [2.24, 2.45) is 0 Å². The summed E-state index contributed by atoms with van der Waals surface area (Å²) in [4.78, 5) is 9.65. The third-order valence-corrected chi connectivity index (χ3v) is 12.5. The zero-order valence-corrected chi connectivity index (χ0v) is 32.3. The van der Waals surface area contributed by atoms with Gasteiger partial charge in [-0.25, -0.2) is 0 Å². The van der Waals surface area contributed by atoms with E-state index < -0.39 is 0 Å². The van der Waals surface area contributed by atoms with Crippen LogP contribution in [0.3, 0.4) is 0 Å². The van der Waals surface area contributed by atoms with Crippen LogP contribution in [0.2, 0.25) is 0 Å². The molecule has 0 spiro atoms. The van der Waals surface area contributed by atoms with E-state index in [9.17, 15) is 0 Å². The van der Waals surface area contributed by atoms with E-state index in [1.807, 2.05) is 6.20 Å². The largest absolute Gasteiger partial charge is 0.309 e. The molecule has 1 unspecified atom stereocenters. The molecular weight excluding hydrogens is 715 g/mol. The number of benzene rings is 9. The molecular formula is C56H37N3. The maximum absolute atomic E-state index is 4.86. The van der Waals surface area contributed by atoms with Crippen molar-refractivity contribution in [2.45, 2.75) is 12.3 Å². The minimum atomic E-state index is 0.237. The first kappa shape index (κ1) is 33.5. The number of rotatable bonds is 5. The summed E-state index contributed by atoms with van der Waals surface area (Å²) in [6.07, 6.45) is 9.20. The SMILES string of the molecule is C1=CC(c2cccc(-c3cccc4c(-c5ccc(-c6ccc7c(c6)c6ccccc6n7-c6ccccc6)cc5)cccc34)c2)Cc2c1c1ccccc1c1nccnc21. The molecule has 0 N–H and O–H groups in total. The van der Waals surface area contributed by atoms with Crippen LogP contribution in [0, 0.1) is 0 Å². The van der Waals surface area contributed by atoms with Gasteiger partial charge in [-0.3, -0.25) is 9.97 Å². The van der Waals surface area contributed by atoms with E-state index in [0.29, 0.717) is 0 Å². The molecule has 11 aromatic rings. The average molecular weight is 752 g/mol. The van der Waals surface area contributed by atoms with Crippen molar-refractivity contribution in [3.63, 3.8) is 0 Å². The molecule has 0 saturated carbocycles. The molecule has 3 nitrogen and oxygen atoms in total. The third-order valence-electron chi connectivity index (χ3n) is 12.5. The summed E-state index contributed by atoms with van der Waals surface area (Å²) in [5, 5.41) is 7.43. The highest BCUT2D eigenvalue weighted by Gasteiger charge is 2.23. The number of hydrogen-bond donors (Lipinski definition) is 0. The molecule has 12 rings (SSSR count). The zero-order chi connectivity index (χ0) is 38.9. The van der Waals surface area contributed by atoms with Crippen LogP contribution in [-0.4, -0.2) is 14.5 Å². The number of aromatic nitrogens is 3. The lowest BCUT2D eigenvalue weighted by Crippen LogP contribution is -2.08. The lowest BCUT2D eigenvalue weighted by atomic mass is 9.81. The van der Waals surface area contributed by atoms with Crippen molar-refractivity contribution >= 4 is 60.5 Å². The van der Waals surface area contributed by atoms with Crippen LogP contribution in [0.15, 0.2) is 200 Å². The van der Waals surface area contributed by atoms with Gasteiger partial charge in [0.25, 0.3) is 0 Å². The molecule has 2 heterocycles. The number of para-hydroxylation sites is 2. The van der Waals surface area contributed by atoms with E-state index in [4.69, 9.17) is 9.97 Å². The van der Waals surface area contributed by atoms with E-state index in [0.717, 1.165) is 22.8 Å². The molecule has 0 radical (unpaired) electrons. The average Bonchev–Trinajstić information content (AvgIpc) is 3.65. The van der Waals surface area contributed by atoms with Gasteiger partial charge in [0, 0.05) is 40.2 Å². The fourth-order valence-corrected chi connectivity index (χ4v) is 9.70. The van der Waals surface area contributed by atoms with Crippen molar-refractivity contribution in [2.75, 3.05) is 0 Å². The van der Waals surface area contributed by atoms with Crippen LogP contribution in [-0.2, 0) is 6.42 Å². The van der Waals surface area contributed by atoms with Crippen LogP contribution in [0.5, 0.6) is 0 Å². The van der Waals surface area contributed by atoms with E-state index >= 15 is 0 Å². The summed E-state index contributed by atoms with van der Waals surface area (Å²) in [6, 6.07) is 66.5. The van der Waals surface area contributed by atoms with Crippen LogP contribution in [0.4, 0.5) is 0 Å². The van der Waals surface area contributed by atoms with E-state index in [1.165, 1.54) is 93.7 Å². The van der Waals surface area contributed by atoms with Gasteiger partial charge in [-0.2, -0.15) is 0 Å². The minimum absolute atomic E-state index is 0.237. The molecule has 0 fully saturated rings. The fourth-order valence-electron chi connectivity index (χ4n) is 9.70. The monoisotopic (exact) mass is 751 g/mol. The normalized spacial score (nSPS) is 13.8. The van der Waals surface area contributed by atoms with Crippen molar-refractivity contribution < 1.29 is 0 Å². The summed E-state index contributed by atoms with van der Waals surface area (Å²) < 4.78 is 2.37. The highest BCUT2D eigenvalue weighted by atomic mass is 15.0. The Bertz CT molecular complexity index is 3470. The smallest absolute Gasteiger partial charge is 0.0968 e. The van der Waals surface area contributed by atoms with Gasteiger partial charge in [0.05, 0.1) is 22.1 Å². The Morgan fingerprint density at radius 3 is 1.86 bits per heavy atom. The number of fused-ring (bicyclic) bond motifs is 10. The molecule has 1 atom stereocenters. The second-order valence-electron chi connectivity index (χ2n) is 15.7. The molecule has 0 saturated heterocycles. The molecule has 9 aromatic carbocycles. The van der Waals surface area contributed by atoms with Crippen molar-refractivity contribution in [3.05, 3.63) is 217 Å². The summed E-state index contributed by atoms with van der Waals surface area (Å²) in [5.41, 5.74) is 16.8. The first-order valence-corrected chi connectivity index (χ1v) is 20.4. The standard InChI is InChI=1S/C56H37N3/c1-2-13-42(14-3-1)59-53-22-7-6-16-49(53)51-34-39(28-30-54(51)59)36-23-25-37(26-24-36)43-18-9-21-46-44(19-10-20-45(43)46)41-12-8-11-38(33-41)40-27-29-48-47-15-4-5-17-50(47)55-56(52(48)35-40)58-32-31-57-55/h1-34,40H,35H2. The fraction of sp³-hybridized carbons (Fsp3) is 0.0357. The van der Waals surface area contributed by atoms with Crippen LogP contribution in [0.1, 0.15) is 22.6 Å². The second kappa shape index (κ2) is 13.5. The molecule has 1 aliphatic carbocycles. The van der Waals surface area contributed by atoms with Gasteiger partial charge < -0.3 is 4.57 Å². The van der Waals surface area contributed by atoms with Crippen LogP contribution < -0.4 is 0 Å². The van der Waals surface area contributed by atoms with Gasteiger partial charge in [0.15, 0.2) is 0 Å². The van der Waals surface area contributed by atoms with Crippen LogP contribution in [0.25, 0.3) is 99.5 Å². The Balaban J connectivity index is 0.880. The predicted molar refractivity (Wildman–Crippen MR) is 247 cm³/mol. The maximum Gasteiger partial charge on any atom is 0.0968 e. The Kier molecular flexibility index (Phi) is 7.67. The van der Waals surface area contributed by atoms with Gasteiger partial charge in [0.2, 0.25) is 0 Å². The quantitative estimate of drug-likeness (QED) is 0.164. The Morgan fingerprint density at radius 1 is 0.424 bits per heavy atom. The summed E-state index contributed by atoms with van der Waals surface area (Å²) in [7, 11) is 0. The predicted octanol–water partition coefficient (Wildman–Crippen LogP) is 14.4.